The molecule has 0 aliphatic rings. The highest BCUT2D eigenvalue weighted by Gasteiger charge is 2.21. The molecule has 8 aromatic rings. The largest absolute Gasteiger partial charge is 0.392 e. The van der Waals surface area contributed by atoms with E-state index < -0.39 is 0 Å². The highest BCUT2D eigenvalue weighted by atomic mass is 16.3. The van der Waals surface area contributed by atoms with Crippen molar-refractivity contribution in [1.82, 2.24) is 19.9 Å². The van der Waals surface area contributed by atoms with Gasteiger partial charge in [0.25, 0.3) is 0 Å². The zero-order valence-corrected chi connectivity index (χ0v) is 24.6. The van der Waals surface area contributed by atoms with Crippen LogP contribution in [0.4, 0.5) is 0 Å². The van der Waals surface area contributed by atoms with Gasteiger partial charge < -0.3 is 25.0 Å². The summed E-state index contributed by atoms with van der Waals surface area (Å²) in [5.41, 5.74) is 13.4. The standard InChI is InChI=1S/C38H32N4O2/c1-21-7-10-36-27(13-21)32(20-44)38(42-36)22(2)30-18-40-34-11-8-23(14-28(30)34)24-9-12-35-29(15-24)31(19-43)37(41-35)16-25-17-39-33-6-4-3-5-26(25)33/h3-15,17-18,20,22,39-43H,16,19H2,1-2H3. The van der Waals surface area contributed by atoms with Crippen LogP contribution in [0.3, 0.4) is 0 Å². The minimum absolute atomic E-state index is 0.0212. The van der Waals surface area contributed by atoms with E-state index in [0.717, 1.165) is 89.3 Å². The zero-order valence-electron chi connectivity index (χ0n) is 24.6. The van der Waals surface area contributed by atoms with Gasteiger partial charge in [-0.1, -0.05) is 48.9 Å². The predicted octanol–water partition coefficient (Wildman–Crippen LogP) is 8.63. The van der Waals surface area contributed by atoms with Crippen LogP contribution in [-0.2, 0) is 13.0 Å². The first-order valence-corrected chi connectivity index (χ1v) is 15.0. The van der Waals surface area contributed by atoms with Gasteiger partial charge in [-0.2, -0.15) is 0 Å². The Morgan fingerprint density at radius 1 is 0.750 bits per heavy atom. The molecule has 0 bridgehead atoms. The average Bonchev–Trinajstić information content (AvgIpc) is 3.82. The summed E-state index contributed by atoms with van der Waals surface area (Å²) >= 11 is 0. The number of aldehydes is 1. The number of aliphatic hydroxyl groups is 1. The number of rotatable bonds is 7. The molecule has 44 heavy (non-hydrogen) atoms. The van der Waals surface area contributed by atoms with E-state index >= 15 is 0 Å². The Labute approximate surface area is 253 Å². The summed E-state index contributed by atoms with van der Waals surface area (Å²) in [6.07, 6.45) is 5.79. The number of nitrogens with one attached hydrogen (secondary N) is 4. The van der Waals surface area contributed by atoms with E-state index in [4.69, 9.17) is 0 Å². The van der Waals surface area contributed by atoms with Gasteiger partial charge in [0.15, 0.2) is 6.29 Å². The second-order valence-corrected chi connectivity index (χ2v) is 11.9. The summed E-state index contributed by atoms with van der Waals surface area (Å²) in [6.45, 7) is 4.15. The Hall–Kier alpha value is -5.33. The topological polar surface area (TPSA) is 100 Å². The van der Waals surface area contributed by atoms with Crippen LogP contribution in [0.5, 0.6) is 0 Å². The van der Waals surface area contributed by atoms with E-state index in [2.05, 4.69) is 106 Å². The van der Waals surface area contributed by atoms with E-state index in [-0.39, 0.29) is 12.5 Å². The quantitative estimate of drug-likeness (QED) is 0.123. The van der Waals surface area contributed by atoms with Crippen LogP contribution in [0.15, 0.2) is 91.3 Å². The molecule has 8 rings (SSSR count). The molecule has 0 saturated heterocycles. The molecule has 4 heterocycles. The Balaban J connectivity index is 1.18. The van der Waals surface area contributed by atoms with Gasteiger partial charge >= 0.3 is 0 Å². The lowest BCUT2D eigenvalue weighted by atomic mass is 9.92. The predicted molar refractivity (Wildman–Crippen MR) is 179 cm³/mol. The Morgan fingerprint density at radius 3 is 2.27 bits per heavy atom. The number of aliphatic hydroxyl groups excluding tert-OH is 1. The number of aromatic amines is 4. The summed E-state index contributed by atoms with van der Waals surface area (Å²) in [5, 5.41) is 14.8. The smallest absolute Gasteiger partial charge is 0.152 e. The van der Waals surface area contributed by atoms with Gasteiger partial charge in [-0.25, -0.2) is 0 Å². The first-order valence-electron chi connectivity index (χ1n) is 15.0. The minimum atomic E-state index is -0.0389. The van der Waals surface area contributed by atoms with E-state index in [1.807, 2.05) is 19.1 Å². The zero-order chi connectivity index (χ0) is 29.9. The lowest BCUT2D eigenvalue weighted by Crippen LogP contribution is -1.99. The van der Waals surface area contributed by atoms with Gasteiger partial charge in [-0.05, 0) is 71.6 Å². The Bertz CT molecular complexity index is 2360. The van der Waals surface area contributed by atoms with Crippen molar-refractivity contribution in [2.75, 3.05) is 0 Å². The van der Waals surface area contributed by atoms with Crippen molar-refractivity contribution in [2.45, 2.75) is 32.8 Å². The number of aromatic nitrogens is 4. The number of carbonyl (C=O) groups excluding carboxylic acids is 1. The second-order valence-electron chi connectivity index (χ2n) is 11.9. The van der Waals surface area contributed by atoms with Crippen molar-refractivity contribution in [2.24, 2.45) is 0 Å². The van der Waals surface area contributed by atoms with Crippen molar-refractivity contribution in [1.29, 1.82) is 0 Å². The number of hydrogen-bond acceptors (Lipinski definition) is 2. The number of fused-ring (bicyclic) bond motifs is 4. The van der Waals surface area contributed by atoms with Gasteiger partial charge in [0.1, 0.15) is 0 Å². The van der Waals surface area contributed by atoms with Gasteiger partial charge in [0, 0.05) is 90.9 Å². The van der Waals surface area contributed by atoms with Crippen LogP contribution in [0.2, 0.25) is 0 Å². The maximum Gasteiger partial charge on any atom is 0.152 e. The van der Waals surface area contributed by atoms with E-state index in [1.54, 1.807) is 0 Å². The third-order valence-corrected chi connectivity index (χ3v) is 9.28. The average molecular weight is 577 g/mol. The molecule has 0 saturated carbocycles. The Morgan fingerprint density at radius 2 is 1.45 bits per heavy atom. The summed E-state index contributed by atoms with van der Waals surface area (Å²) in [4.78, 5) is 26.2. The Kier molecular flexibility index (Phi) is 6.06. The number of benzene rings is 4. The number of para-hydroxylation sites is 1. The van der Waals surface area contributed by atoms with Crippen LogP contribution >= 0.6 is 0 Å². The fraction of sp³-hybridized carbons (Fsp3) is 0.132. The lowest BCUT2D eigenvalue weighted by molar-refractivity contribution is 0.112. The molecular formula is C38H32N4O2. The molecule has 0 amide bonds. The van der Waals surface area contributed by atoms with Crippen LogP contribution in [0.25, 0.3) is 54.7 Å². The molecular weight excluding hydrogens is 544 g/mol. The molecule has 6 heteroatoms. The summed E-state index contributed by atoms with van der Waals surface area (Å²) in [7, 11) is 0. The molecule has 1 atom stereocenters. The summed E-state index contributed by atoms with van der Waals surface area (Å²) in [6, 6.07) is 27.4. The van der Waals surface area contributed by atoms with Crippen molar-refractivity contribution in [3.8, 4) is 11.1 Å². The van der Waals surface area contributed by atoms with Gasteiger partial charge in [0.05, 0.1) is 6.61 Å². The van der Waals surface area contributed by atoms with Crippen molar-refractivity contribution < 1.29 is 9.90 Å². The number of aryl methyl sites for hydroxylation is 1. The van der Waals surface area contributed by atoms with Crippen LogP contribution in [0.1, 0.15) is 56.8 Å². The molecule has 0 spiro atoms. The molecule has 216 valence electrons. The molecule has 0 fully saturated rings. The number of carbonyl (C=O) groups is 1. The van der Waals surface area contributed by atoms with Crippen molar-refractivity contribution in [3.63, 3.8) is 0 Å². The monoisotopic (exact) mass is 576 g/mol. The fourth-order valence-corrected chi connectivity index (χ4v) is 6.93. The first-order chi connectivity index (χ1) is 21.5. The third-order valence-electron chi connectivity index (χ3n) is 9.28. The maximum absolute atomic E-state index is 12.2. The van der Waals surface area contributed by atoms with E-state index in [9.17, 15) is 9.90 Å². The van der Waals surface area contributed by atoms with Crippen molar-refractivity contribution >= 4 is 49.9 Å². The van der Waals surface area contributed by atoms with Crippen LogP contribution in [0, 0.1) is 6.92 Å². The second kappa shape index (κ2) is 10.1. The first kappa shape index (κ1) is 26.3. The molecule has 0 aliphatic carbocycles. The molecule has 5 N–H and O–H groups in total. The SMILES string of the molecule is Cc1ccc2[nH]c(C(C)c3c[nH]c4ccc(-c5ccc6[nH]c(Cc7c[nH]c8ccccc78)c(CO)c6c5)cc34)c(C=O)c2c1. The third kappa shape index (κ3) is 4.10. The van der Waals surface area contributed by atoms with Gasteiger partial charge in [-0.3, -0.25) is 4.79 Å². The van der Waals surface area contributed by atoms with E-state index in [1.165, 1.54) is 10.9 Å². The highest BCUT2D eigenvalue weighted by molar-refractivity contribution is 6.00. The molecule has 0 radical (unpaired) electrons. The van der Waals surface area contributed by atoms with Gasteiger partial charge in [-0.15, -0.1) is 0 Å². The normalized spacial score (nSPS) is 12.6. The molecule has 4 aromatic carbocycles. The lowest BCUT2D eigenvalue weighted by Gasteiger charge is -2.11. The molecule has 6 nitrogen and oxygen atoms in total. The minimum Gasteiger partial charge on any atom is -0.392 e. The maximum atomic E-state index is 12.2. The van der Waals surface area contributed by atoms with Crippen LogP contribution in [-0.4, -0.2) is 31.3 Å². The van der Waals surface area contributed by atoms with Crippen molar-refractivity contribution in [3.05, 3.63) is 130 Å². The van der Waals surface area contributed by atoms with Crippen LogP contribution < -0.4 is 0 Å². The molecule has 1 unspecified atom stereocenters. The number of hydrogen-bond donors (Lipinski definition) is 5. The molecule has 4 aromatic heterocycles. The highest BCUT2D eigenvalue weighted by Crippen LogP contribution is 2.37. The fourth-order valence-electron chi connectivity index (χ4n) is 6.93. The molecule has 0 aliphatic heterocycles. The summed E-state index contributed by atoms with van der Waals surface area (Å²) < 4.78 is 0. The number of H-pyrrole nitrogens is 4. The summed E-state index contributed by atoms with van der Waals surface area (Å²) in [5.74, 6) is -0.0212. The van der Waals surface area contributed by atoms with E-state index in [0.29, 0.717) is 6.42 Å². The van der Waals surface area contributed by atoms with Gasteiger partial charge in [0.2, 0.25) is 0 Å².